The summed E-state index contributed by atoms with van der Waals surface area (Å²) in [5, 5.41) is 51.7. The summed E-state index contributed by atoms with van der Waals surface area (Å²) in [6.07, 6.45) is 0.851. The van der Waals surface area contributed by atoms with Crippen LogP contribution in [0.2, 0.25) is 0 Å². The summed E-state index contributed by atoms with van der Waals surface area (Å²) in [4.78, 5) is 0. The number of rotatable bonds is 19. The lowest BCUT2D eigenvalue weighted by Crippen LogP contribution is -2.24. The molecule has 0 unspecified atom stereocenters. The van der Waals surface area contributed by atoms with Gasteiger partial charge in [-0.15, -0.1) is 0 Å². The van der Waals surface area contributed by atoms with Gasteiger partial charge >= 0.3 is 51.5 Å². The minimum Gasteiger partial charge on any atom is -0.267 e. The second-order valence-electron chi connectivity index (χ2n) is 11.1. The van der Waals surface area contributed by atoms with Gasteiger partial charge in [-0.25, -0.2) is 0 Å². The average Bonchev–Trinajstić information content (AvgIpc) is 3.16. The van der Waals surface area contributed by atoms with Crippen LogP contribution in [0, 0.1) is 45.3 Å². The fourth-order valence-electron chi connectivity index (χ4n) is 4.00. The van der Waals surface area contributed by atoms with Crippen LogP contribution in [0.3, 0.4) is 0 Å². The smallest absolute Gasteiger partial charge is 0.267 e. The second-order valence-corrected chi connectivity index (χ2v) is 17.4. The second kappa shape index (κ2) is 20.1. The number of oxime groups is 4. The van der Waals surface area contributed by atoms with E-state index in [4.69, 9.17) is 0 Å². The van der Waals surface area contributed by atoms with Crippen molar-refractivity contribution in [2.75, 3.05) is 11.5 Å². The highest BCUT2D eigenvalue weighted by atomic mass is 32.2. The Morgan fingerprint density at radius 2 is 0.900 bits per heavy atom. The van der Waals surface area contributed by atoms with Crippen molar-refractivity contribution >= 4 is 63.3 Å². The van der Waals surface area contributed by atoms with Gasteiger partial charge in [0, 0.05) is 27.8 Å². The highest BCUT2D eigenvalue weighted by molar-refractivity contribution is 7.88. The number of nitrogens with zero attached hydrogens (tertiary/aromatic N) is 8. The molecule has 0 aromatic heterocycles. The molecule has 0 aliphatic carbocycles. The number of hydrogen-bond donors (Lipinski definition) is 0. The molecule has 60 heavy (non-hydrogen) atoms. The van der Waals surface area contributed by atoms with E-state index in [0.717, 1.165) is 36.4 Å². The first-order valence-corrected chi connectivity index (χ1v) is 21.8. The molecule has 0 N–H and O–H groups in total. The van der Waals surface area contributed by atoms with E-state index in [1.165, 1.54) is 24.3 Å². The monoisotopic (exact) mass is 930 g/mol. The fourth-order valence-corrected chi connectivity index (χ4v) is 6.32. The van der Waals surface area contributed by atoms with Crippen LogP contribution in [-0.4, -0.2) is 79.0 Å². The van der Waals surface area contributed by atoms with Crippen LogP contribution in [0.4, 0.5) is 26.3 Å². The maximum Gasteiger partial charge on any atom is 0.536 e. The zero-order valence-corrected chi connectivity index (χ0v) is 33.4. The van der Waals surface area contributed by atoms with Gasteiger partial charge in [0.15, 0.2) is 22.8 Å². The van der Waals surface area contributed by atoms with E-state index in [1.54, 1.807) is 13.8 Å². The summed E-state index contributed by atoms with van der Waals surface area (Å²) in [6.45, 7) is 3.25. The minimum absolute atomic E-state index is 0.0651. The van der Waals surface area contributed by atoms with Crippen molar-refractivity contribution < 1.29 is 77.1 Å². The van der Waals surface area contributed by atoms with Crippen molar-refractivity contribution in [2.45, 2.75) is 50.5 Å². The number of benzene rings is 2. The summed E-state index contributed by atoms with van der Waals surface area (Å²) < 4.78 is 191. The van der Waals surface area contributed by atoms with Gasteiger partial charge in [0.2, 0.25) is 0 Å². The van der Waals surface area contributed by atoms with Crippen LogP contribution in [0.1, 0.15) is 61.8 Å². The first kappa shape index (κ1) is 49.8. The van der Waals surface area contributed by atoms with Crippen molar-refractivity contribution in [3.63, 3.8) is 0 Å². The van der Waals surface area contributed by atoms with E-state index in [1.807, 2.05) is 0 Å². The van der Waals surface area contributed by atoms with E-state index >= 15 is 0 Å². The number of nitriles is 4. The largest absolute Gasteiger partial charge is 0.536 e. The predicted molar refractivity (Wildman–Crippen MR) is 192 cm³/mol. The third kappa shape index (κ3) is 13.3. The lowest BCUT2D eigenvalue weighted by Gasteiger charge is -2.16. The van der Waals surface area contributed by atoms with E-state index in [0.29, 0.717) is 12.8 Å². The highest BCUT2D eigenvalue weighted by Gasteiger charge is 2.50. The molecule has 0 radical (unpaired) electrons. The van der Waals surface area contributed by atoms with E-state index in [9.17, 15) is 81.1 Å². The molecule has 2 aromatic rings. The van der Waals surface area contributed by atoms with Crippen LogP contribution in [0.5, 0.6) is 0 Å². The lowest BCUT2D eigenvalue weighted by atomic mass is 9.87. The molecule has 0 atom stereocenters. The zero-order valence-electron chi connectivity index (χ0n) is 30.1. The van der Waals surface area contributed by atoms with Crippen LogP contribution < -0.4 is 0 Å². The molecule has 20 nitrogen and oxygen atoms in total. The molecule has 0 amide bonds. The molecule has 2 aromatic carbocycles. The van der Waals surface area contributed by atoms with Gasteiger partial charge in [-0.3, -0.25) is 17.1 Å². The number of alkyl halides is 6. The molecule has 0 saturated heterocycles. The summed E-state index contributed by atoms with van der Waals surface area (Å²) in [5.41, 5.74) is -21.6. The molecular formula is C30H24F6N8O12S4. The van der Waals surface area contributed by atoms with Crippen LogP contribution in [0.25, 0.3) is 11.1 Å². The Labute approximate surface area is 337 Å². The molecule has 30 heteroatoms. The first-order valence-electron chi connectivity index (χ1n) is 15.8. The summed E-state index contributed by atoms with van der Waals surface area (Å²) >= 11 is 0. The summed E-state index contributed by atoms with van der Waals surface area (Å²) in [5.74, 6) is -1.21. The van der Waals surface area contributed by atoms with Crippen molar-refractivity contribution in [3.05, 3.63) is 58.7 Å². The maximum absolute atomic E-state index is 13.1. The predicted octanol–water partition coefficient (Wildman–Crippen LogP) is 4.29. The molecule has 2 rings (SSSR count). The van der Waals surface area contributed by atoms with Crippen molar-refractivity contribution in [1.82, 2.24) is 0 Å². The Hall–Kier alpha value is -6.34. The van der Waals surface area contributed by atoms with Crippen LogP contribution in [0.15, 0.2) is 57.0 Å². The Bertz CT molecular complexity index is 2550. The molecule has 0 fully saturated rings. The molecule has 0 heterocycles. The van der Waals surface area contributed by atoms with Gasteiger partial charge in [-0.1, -0.05) is 65.5 Å². The SMILES string of the molecule is CCCCS(=O)(=O)O/N=C(\C#N)c1cc(/C(C#N)=N\OS(=O)(=O)CCCC)cc(-c2c(/C(C#N)=N/OS(=O)(=O)C(F)(F)F)cccc2/C(C#N)=N\OS(=O)(=O)C(F)(F)F)c1. The van der Waals surface area contributed by atoms with Gasteiger partial charge < -0.3 is 0 Å². The van der Waals surface area contributed by atoms with Crippen molar-refractivity contribution in [3.8, 4) is 35.4 Å². The Kier molecular flexibility index (Phi) is 16.7. The Morgan fingerprint density at radius 1 is 0.567 bits per heavy atom. The highest BCUT2D eigenvalue weighted by Crippen LogP contribution is 2.33. The normalized spacial score (nSPS) is 13.6. The van der Waals surface area contributed by atoms with Crippen LogP contribution in [-0.2, 0) is 57.6 Å². The summed E-state index contributed by atoms with van der Waals surface area (Å²) in [7, 11) is -22.1. The molecule has 0 aliphatic rings. The quantitative estimate of drug-likeness (QED) is 0.0821. The number of unbranched alkanes of at least 4 members (excludes halogenated alkanes) is 2. The zero-order chi connectivity index (χ0) is 45.7. The third-order valence-electron chi connectivity index (χ3n) is 6.77. The average molecular weight is 931 g/mol. The maximum atomic E-state index is 13.1. The third-order valence-corrected chi connectivity index (χ3v) is 10.6. The van der Waals surface area contributed by atoms with Gasteiger partial charge in [0.05, 0.1) is 11.5 Å². The lowest BCUT2D eigenvalue weighted by molar-refractivity contribution is -0.0545. The molecule has 0 bridgehead atoms. The first-order chi connectivity index (χ1) is 27.7. The topological polar surface area (TPSA) is 318 Å². The number of halogens is 6. The Balaban J connectivity index is 3.29. The number of hydrogen-bond acceptors (Lipinski definition) is 20. The minimum atomic E-state index is -6.59. The van der Waals surface area contributed by atoms with E-state index in [-0.39, 0.29) is 12.8 Å². The molecule has 0 spiro atoms. The van der Waals surface area contributed by atoms with Crippen molar-refractivity contribution in [1.29, 1.82) is 21.0 Å². The Morgan fingerprint density at radius 3 is 1.20 bits per heavy atom. The van der Waals surface area contributed by atoms with E-state index < -0.39 is 119 Å². The summed E-state index contributed by atoms with van der Waals surface area (Å²) in [6, 6.07) is 9.97. The van der Waals surface area contributed by atoms with Gasteiger partial charge in [-0.05, 0) is 36.6 Å². The van der Waals surface area contributed by atoms with Gasteiger partial charge in [-0.2, -0.15) is 81.1 Å². The molecule has 322 valence electrons. The van der Waals surface area contributed by atoms with Gasteiger partial charge in [0.25, 0.3) is 0 Å². The van der Waals surface area contributed by atoms with Crippen LogP contribution >= 0.6 is 0 Å². The van der Waals surface area contributed by atoms with E-state index in [2.05, 4.69) is 37.8 Å². The molecular weight excluding hydrogens is 907 g/mol. The fraction of sp³-hybridized carbons (Fsp3) is 0.333. The molecule has 0 aliphatic heterocycles. The van der Waals surface area contributed by atoms with Gasteiger partial charge in [0.1, 0.15) is 24.3 Å². The molecule has 0 saturated carbocycles. The standard InChI is InChI=1S/C30H24F6N8O12S4/c1-3-5-10-57(45,46)53-41-24(15-37)19-12-20(25(16-38)42-54-58(47,48)11-6-4-2)14-21(13-19)28-22(26(17-39)43-55-59(49,50)29(31,32)33)8-7-9-23(28)27(18-40)44-56-60(51,52)30(34,35)36/h7-9,12-14H,3-6,10-11H2,1-2H3/b41-24-,42-25+,43-26-,44-27+. The van der Waals surface area contributed by atoms with Crippen molar-refractivity contribution in [2.24, 2.45) is 20.6 Å².